The lowest BCUT2D eigenvalue weighted by molar-refractivity contribution is -0.119. The summed E-state index contributed by atoms with van der Waals surface area (Å²) >= 11 is 0. The molecule has 1 unspecified atom stereocenters. The van der Waals surface area contributed by atoms with Gasteiger partial charge in [-0.1, -0.05) is 19.9 Å². The Morgan fingerprint density at radius 3 is 2.79 bits per heavy atom. The van der Waals surface area contributed by atoms with Gasteiger partial charge in [0.1, 0.15) is 0 Å². The zero-order chi connectivity index (χ0) is 14.0. The Labute approximate surface area is 117 Å². The summed E-state index contributed by atoms with van der Waals surface area (Å²) in [5.74, 6) is 0.637. The van der Waals surface area contributed by atoms with Crippen molar-refractivity contribution in [3.63, 3.8) is 0 Å². The van der Waals surface area contributed by atoms with Crippen molar-refractivity contribution in [2.75, 3.05) is 18.0 Å². The van der Waals surface area contributed by atoms with Crippen LogP contribution in [0.1, 0.15) is 45.7 Å². The first kappa shape index (κ1) is 13.9. The molecule has 1 aliphatic rings. The Morgan fingerprint density at radius 2 is 2.21 bits per heavy atom. The van der Waals surface area contributed by atoms with Gasteiger partial charge in [-0.25, -0.2) is 0 Å². The average Bonchev–Trinajstić information content (AvgIpc) is 2.75. The number of aryl methyl sites for hydroxylation is 1. The third-order valence-electron chi connectivity index (χ3n) is 3.84. The molecule has 0 aromatic heterocycles. The molecule has 1 aliphatic heterocycles. The molecule has 1 saturated heterocycles. The van der Waals surface area contributed by atoms with Crippen LogP contribution in [-0.2, 0) is 4.79 Å². The molecule has 1 aromatic rings. The van der Waals surface area contributed by atoms with Crippen LogP contribution < -0.4 is 10.2 Å². The molecule has 0 spiro atoms. The van der Waals surface area contributed by atoms with Crippen molar-refractivity contribution >= 4 is 11.6 Å². The zero-order valence-corrected chi connectivity index (χ0v) is 12.4. The molecule has 1 aromatic carbocycles. The van der Waals surface area contributed by atoms with E-state index >= 15 is 0 Å². The van der Waals surface area contributed by atoms with Crippen molar-refractivity contribution in [3.05, 3.63) is 29.3 Å². The quantitative estimate of drug-likeness (QED) is 0.908. The summed E-state index contributed by atoms with van der Waals surface area (Å²) in [6.45, 7) is 10.2. The highest BCUT2D eigenvalue weighted by molar-refractivity contribution is 5.73. The van der Waals surface area contributed by atoms with Crippen LogP contribution in [0.3, 0.4) is 0 Å². The van der Waals surface area contributed by atoms with E-state index in [1.165, 1.54) is 16.8 Å². The number of anilines is 1. The van der Waals surface area contributed by atoms with Gasteiger partial charge in [0.15, 0.2) is 0 Å². The molecule has 1 fully saturated rings. The predicted molar refractivity (Wildman–Crippen MR) is 81.8 cm³/mol. The van der Waals surface area contributed by atoms with Gasteiger partial charge in [-0.2, -0.15) is 0 Å². The van der Waals surface area contributed by atoms with Gasteiger partial charge in [-0.05, 0) is 42.5 Å². The fourth-order valence-corrected chi connectivity index (χ4v) is 2.90. The topological polar surface area (TPSA) is 32.3 Å². The largest absolute Gasteiger partial charge is 0.369 e. The number of amides is 1. The lowest BCUT2D eigenvalue weighted by atomic mass is 9.97. The summed E-state index contributed by atoms with van der Waals surface area (Å²) < 4.78 is 0. The van der Waals surface area contributed by atoms with E-state index in [9.17, 15) is 4.79 Å². The Kier molecular flexibility index (Phi) is 4.13. The van der Waals surface area contributed by atoms with E-state index in [1.54, 1.807) is 6.92 Å². The molecule has 1 atom stereocenters. The Bertz CT molecular complexity index is 474. The average molecular weight is 262 g/mol. The maximum absolute atomic E-state index is 11.1. The van der Waals surface area contributed by atoms with Gasteiger partial charge in [0.25, 0.3) is 0 Å². The third-order valence-corrected chi connectivity index (χ3v) is 3.84. The molecular weight excluding hydrogens is 236 g/mol. The third kappa shape index (κ3) is 3.28. The molecule has 0 saturated carbocycles. The van der Waals surface area contributed by atoms with Gasteiger partial charge < -0.3 is 10.2 Å². The standard InChI is InChI=1S/C16H24N2O.H2/c1-11(2)16-6-5-15(9-12(16)3)18-8-7-14(10-18)17-13(4)19;/h5-6,9,11,14H,7-8,10H2,1-4H3,(H,17,19);1H. The van der Waals surface area contributed by atoms with Crippen LogP contribution in [0.5, 0.6) is 0 Å². The number of benzene rings is 1. The number of nitrogens with one attached hydrogen (secondary N) is 1. The monoisotopic (exact) mass is 262 g/mol. The molecule has 106 valence electrons. The zero-order valence-electron chi connectivity index (χ0n) is 12.4. The Morgan fingerprint density at radius 1 is 1.47 bits per heavy atom. The van der Waals surface area contributed by atoms with Crippen LogP contribution in [0.4, 0.5) is 5.69 Å². The number of hydrogen-bond acceptors (Lipinski definition) is 2. The van der Waals surface area contributed by atoms with Crippen molar-refractivity contribution in [3.8, 4) is 0 Å². The summed E-state index contributed by atoms with van der Waals surface area (Å²) in [4.78, 5) is 13.4. The molecule has 19 heavy (non-hydrogen) atoms. The van der Waals surface area contributed by atoms with Crippen LogP contribution in [0.2, 0.25) is 0 Å². The van der Waals surface area contributed by atoms with Crippen LogP contribution in [0.25, 0.3) is 0 Å². The fraction of sp³-hybridized carbons (Fsp3) is 0.562. The second kappa shape index (κ2) is 5.64. The van der Waals surface area contributed by atoms with E-state index < -0.39 is 0 Å². The maximum atomic E-state index is 11.1. The first-order valence-corrected chi connectivity index (χ1v) is 7.10. The molecule has 3 heteroatoms. The first-order chi connectivity index (χ1) is 8.97. The highest BCUT2D eigenvalue weighted by Crippen LogP contribution is 2.26. The number of nitrogens with zero attached hydrogens (tertiary/aromatic N) is 1. The number of rotatable bonds is 3. The Hall–Kier alpha value is -1.51. The van der Waals surface area contributed by atoms with Gasteiger partial charge in [0.05, 0.1) is 0 Å². The summed E-state index contributed by atoms with van der Waals surface area (Å²) in [6, 6.07) is 7.01. The fourth-order valence-electron chi connectivity index (χ4n) is 2.90. The number of hydrogen-bond donors (Lipinski definition) is 1. The highest BCUT2D eigenvalue weighted by atomic mass is 16.1. The first-order valence-electron chi connectivity index (χ1n) is 7.10. The molecule has 1 heterocycles. The van der Waals surface area contributed by atoms with Gasteiger partial charge in [-0.3, -0.25) is 4.79 Å². The van der Waals surface area contributed by atoms with Crippen LogP contribution >= 0.6 is 0 Å². The minimum atomic E-state index is 0. The predicted octanol–water partition coefficient (Wildman–Crippen LogP) is 3.08. The lowest BCUT2D eigenvalue weighted by Crippen LogP contribution is -2.35. The summed E-state index contributed by atoms with van der Waals surface area (Å²) in [5.41, 5.74) is 4.05. The Balaban J connectivity index is 0.00000200. The minimum absolute atomic E-state index is 0. The minimum Gasteiger partial charge on any atom is -0.369 e. The summed E-state index contributed by atoms with van der Waals surface area (Å²) in [5, 5.41) is 3.01. The van der Waals surface area contributed by atoms with E-state index in [4.69, 9.17) is 0 Å². The smallest absolute Gasteiger partial charge is 0.217 e. The van der Waals surface area contributed by atoms with Gasteiger partial charge >= 0.3 is 0 Å². The van der Waals surface area contributed by atoms with Crippen molar-refractivity contribution in [2.45, 2.75) is 46.1 Å². The van der Waals surface area contributed by atoms with Crippen molar-refractivity contribution in [1.82, 2.24) is 5.32 Å². The molecule has 1 N–H and O–H groups in total. The SMILES string of the molecule is CC(=O)NC1CCN(c2ccc(C(C)C)c(C)c2)C1.[HH]. The molecule has 0 aliphatic carbocycles. The van der Waals surface area contributed by atoms with Gasteiger partial charge in [-0.15, -0.1) is 0 Å². The van der Waals surface area contributed by atoms with E-state index in [2.05, 4.69) is 49.2 Å². The van der Waals surface area contributed by atoms with Crippen molar-refractivity contribution in [2.24, 2.45) is 0 Å². The second-order valence-electron chi connectivity index (χ2n) is 5.83. The second-order valence-corrected chi connectivity index (χ2v) is 5.83. The maximum Gasteiger partial charge on any atom is 0.217 e. The van der Waals surface area contributed by atoms with E-state index in [1.807, 2.05) is 0 Å². The van der Waals surface area contributed by atoms with E-state index in [0.29, 0.717) is 12.0 Å². The van der Waals surface area contributed by atoms with Gasteiger partial charge in [0.2, 0.25) is 5.91 Å². The molecule has 1 amide bonds. The molecular formula is C16H26N2O. The molecule has 0 radical (unpaired) electrons. The van der Waals surface area contributed by atoms with Crippen molar-refractivity contribution in [1.29, 1.82) is 0 Å². The molecule has 2 rings (SSSR count). The number of carbonyl (C=O) groups excluding carboxylic acids is 1. The molecule has 3 nitrogen and oxygen atoms in total. The number of carbonyl (C=O) groups is 1. The summed E-state index contributed by atoms with van der Waals surface area (Å²) in [6.07, 6.45) is 1.03. The van der Waals surface area contributed by atoms with E-state index in [0.717, 1.165) is 19.5 Å². The van der Waals surface area contributed by atoms with Crippen LogP contribution in [-0.4, -0.2) is 25.0 Å². The van der Waals surface area contributed by atoms with Gasteiger partial charge in [0, 0.05) is 33.2 Å². The molecule has 0 bridgehead atoms. The lowest BCUT2D eigenvalue weighted by Gasteiger charge is -2.21. The summed E-state index contributed by atoms with van der Waals surface area (Å²) in [7, 11) is 0. The van der Waals surface area contributed by atoms with E-state index in [-0.39, 0.29) is 7.33 Å². The highest BCUT2D eigenvalue weighted by Gasteiger charge is 2.23. The normalized spacial score (nSPS) is 19.0. The van der Waals surface area contributed by atoms with Crippen LogP contribution in [0.15, 0.2) is 18.2 Å². The van der Waals surface area contributed by atoms with Crippen molar-refractivity contribution < 1.29 is 6.22 Å². The van der Waals surface area contributed by atoms with Crippen LogP contribution in [0, 0.1) is 6.92 Å².